The minimum atomic E-state index is 0.0368. The quantitative estimate of drug-likeness (QED) is 0.693. The molecule has 0 unspecified atom stereocenters. The van der Waals surface area contributed by atoms with Crippen molar-refractivity contribution in [2.75, 3.05) is 13.1 Å². The molecule has 1 aliphatic carbocycles. The molecule has 1 amide bonds. The number of hydrogen-bond acceptors (Lipinski definition) is 6. The van der Waals surface area contributed by atoms with E-state index in [1.165, 1.54) is 6.42 Å². The fraction of sp³-hybridized carbons (Fsp3) is 0.450. The second kappa shape index (κ2) is 6.85. The molecular formula is C20H22N6O2. The Balaban J connectivity index is 1.50. The van der Waals surface area contributed by atoms with E-state index in [1.54, 1.807) is 17.1 Å². The van der Waals surface area contributed by atoms with Crippen LogP contribution in [0.4, 0.5) is 0 Å². The van der Waals surface area contributed by atoms with Crippen LogP contribution in [0.25, 0.3) is 17.3 Å². The SMILES string of the molecule is Cc1c(C(=O)N2CCCCC2)cnn1-c1ncccc1-c1nc(C2CC2)no1. The molecule has 0 aromatic carbocycles. The zero-order valence-corrected chi connectivity index (χ0v) is 15.8. The standard InChI is InChI=1S/C20H22N6O2/c1-13-16(20(27)25-10-3-2-4-11-25)12-22-26(13)18-15(6-5-9-21-18)19-23-17(24-28-19)14-7-8-14/h5-6,9,12,14H,2-4,7-8,10-11H2,1H3. The van der Waals surface area contributed by atoms with Crippen molar-refractivity contribution in [3.8, 4) is 17.3 Å². The summed E-state index contributed by atoms with van der Waals surface area (Å²) in [6.07, 6.45) is 8.86. The summed E-state index contributed by atoms with van der Waals surface area (Å²) < 4.78 is 7.17. The van der Waals surface area contributed by atoms with Crippen molar-refractivity contribution in [2.24, 2.45) is 0 Å². The minimum absolute atomic E-state index is 0.0368. The van der Waals surface area contributed by atoms with Gasteiger partial charge in [0.25, 0.3) is 11.8 Å². The number of hydrogen-bond donors (Lipinski definition) is 0. The highest BCUT2D eigenvalue weighted by atomic mass is 16.5. The van der Waals surface area contributed by atoms with E-state index in [9.17, 15) is 4.79 Å². The molecule has 8 heteroatoms. The number of nitrogens with zero attached hydrogens (tertiary/aromatic N) is 6. The van der Waals surface area contributed by atoms with Crippen molar-refractivity contribution in [3.63, 3.8) is 0 Å². The van der Waals surface area contributed by atoms with Gasteiger partial charge in [-0.25, -0.2) is 9.67 Å². The van der Waals surface area contributed by atoms with Gasteiger partial charge in [0.05, 0.1) is 23.0 Å². The van der Waals surface area contributed by atoms with Crippen LogP contribution in [0.2, 0.25) is 0 Å². The lowest BCUT2D eigenvalue weighted by atomic mass is 10.1. The van der Waals surface area contributed by atoms with Crippen LogP contribution in [-0.2, 0) is 0 Å². The maximum Gasteiger partial charge on any atom is 0.261 e. The maximum absolute atomic E-state index is 12.9. The Morgan fingerprint density at radius 1 is 1.21 bits per heavy atom. The van der Waals surface area contributed by atoms with Crippen molar-refractivity contribution in [2.45, 2.75) is 44.9 Å². The zero-order valence-electron chi connectivity index (χ0n) is 15.8. The summed E-state index contributed by atoms with van der Waals surface area (Å²) in [5.74, 6) is 2.23. The van der Waals surface area contributed by atoms with Crippen LogP contribution in [0, 0.1) is 6.92 Å². The lowest BCUT2D eigenvalue weighted by Crippen LogP contribution is -2.35. The molecular weight excluding hydrogens is 356 g/mol. The molecule has 8 nitrogen and oxygen atoms in total. The Bertz CT molecular complexity index is 1010. The third-order valence-corrected chi connectivity index (χ3v) is 5.49. The van der Waals surface area contributed by atoms with Gasteiger partial charge < -0.3 is 9.42 Å². The molecule has 28 heavy (non-hydrogen) atoms. The molecule has 4 heterocycles. The Labute approximate surface area is 162 Å². The van der Waals surface area contributed by atoms with Crippen molar-refractivity contribution in [1.82, 2.24) is 29.8 Å². The highest BCUT2D eigenvalue weighted by Gasteiger charge is 2.30. The summed E-state index contributed by atoms with van der Waals surface area (Å²) in [5, 5.41) is 8.56. The molecule has 5 rings (SSSR count). The summed E-state index contributed by atoms with van der Waals surface area (Å²) >= 11 is 0. The second-order valence-corrected chi connectivity index (χ2v) is 7.51. The number of pyridine rings is 1. The molecule has 0 atom stereocenters. The van der Waals surface area contributed by atoms with Gasteiger partial charge in [-0.3, -0.25) is 4.79 Å². The fourth-order valence-electron chi connectivity index (χ4n) is 3.68. The molecule has 2 aliphatic rings. The van der Waals surface area contributed by atoms with Gasteiger partial charge in [-0.2, -0.15) is 10.1 Å². The molecule has 1 saturated heterocycles. The first-order valence-corrected chi connectivity index (χ1v) is 9.85. The first-order chi connectivity index (χ1) is 13.7. The summed E-state index contributed by atoms with van der Waals surface area (Å²) in [7, 11) is 0. The van der Waals surface area contributed by atoms with Crippen molar-refractivity contribution < 1.29 is 9.32 Å². The monoisotopic (exact) mass is 378 g/mol. The predicted molar refractivity (Wildman–Crippen MR) is 101 cm³/mol. The van der Waals surface area contributed by atoms with Crippen LogP contribution < -0.4 is 0 Å². The molecule has 0 radical (unpaired) electrons. The first kappa shape index (κ1) is 17.1. The van der Waals surface area contributed by atoms with E-state index in [0.29, 0.717) is 28.8 Å². The molecule has 0 spiro atoms. The number of likely N-dealkylation sites (tertiary alicyclic amines) is 1. The Kier molecular flexibility index (Phi) is 4.18. The van der Waals surface area contributed by atoms with Crippen LogP contribution in [0.3, 0.4) is 0 Å². The summed E-state index contributed by atoms with van der Waals surface area (Å²) in [6, 6.07) is 3.72. The van der Waals surface area contributed by atoms with Gasteiger partial charge in [0.2, 0.25) is 0 Å². The van der Waals surface area contributed by atoms with Crippen molar-refractivity contribution in [1.29, 1.82) is 0 Å². The largest absolute Gasteiger partial charge is 0.339 e. The van der Waals surface area contributed by atoms with Gasteiger partial charge in [-0.15, -0.1) is 0 Å². The van der Waals surface area contributed by atoms with E-state index in [1.807, 2.05) is 24.0 Å². The lowest BCUT2D eigenvalue weighted by Gasteiger charge is -2.26. The molecule has 3 aromatic rings. The van der Waals surface area contributed by atoms with Crippen molar-refractivity contribution in [3.05, 3.63) is 41.6 Å². The first-order valence-electron chi connectivity index (χ1n) is 9.85. The van der Waals surface area contributed by atoms with Crippen LogP contribution in [0.5, 0.6) is 0 Å². The number of carbonyl (C=O) groups excluding carboxylic acids is 1. The van der Waals surface area contributed by atoms with Gasteiger partial charge in [-0.1, -0.05) is 5.16 Å². The third-order valence-electron chi connectivity index (χ3n) is 5.49. The third kappa shape index (κ3) is 2.98. The highest BCUT2D eigenvalue weighted by molar-refractivity contribution is 5.95. The van der Waals surface area contributed by atoms with Crippen molar-refractivity contribution >= 4 is 5.91 Å². The van der Waals surface area contributed by atoms with Gasteiger partial charge >= 0.3 is 0 Å². The number of aromatic nitrogens is 5. The van der Waals surface area contributed by atoms with E-state index < -0.39 is 0 Å². The summed E-state index contributed by atoms with van der Waals surface area (Å²) in [5.41, 5.74) is 2.09. The lowest BCUT2D eigenvalue weighted by molar-refractivity contribution is 0.0723. The van der Waals surface area contributed by atoms with Gasteiger partial charge in [0.15, 0.2) is 11.6 Å². The van der Waals surface area contributed by atoms with Gasteiger partial charge in [-0.05, 0) is 51.2 Å². The zero-order chi connectivity index (χ0) is 19.1. The average molecular weight is 378 g/mol. The Hall–Kier alpha value is -3.03. The van der Waals surface area contributed by atoms with Crippen LogP contribution >= 0.6 is 0 Å². The van der Waals surface area contributed by atoms with Gasteiger partial charge in [0.1, 0.15) is 0 Å². The van der Waals surface area contributed by atoms with E-state index in [-0.39, 0.29) is 5.91 Å². The van der Waals surface area contributed by atoms with Crippen LogP contribution in [-0.4, -0.2) is 48.8 Å². The fourth-order valence-corrected chi connectivity index (χ4v) is 3.68. The Morgan fingerprint density at radius 3 is 2.82 bits per heavy atom. The molecule has 1 aliphatic heterocycles. The molecule has 2 fully saturated rings. The molecule has 0 bridgehead atoms. The molecule has 1 saturated carbocycles. The number of amides is 1. The number of carbonyl (C=O) groups is 1. The topological polar surface area (TPSA) is 89.9 Å². The average Bonchev–Trinajstić information content (AvgIpc) is 3.35. The second-order valence-electron chi connectivity index (χ2n) is 7.51. The predicted octanol–water partition coefficient (Wildman–Crippen LogP) is 3.13. The summed E-state index contributed by atoms with van der Waals surface area (Å²) in [6.45, 7) is 3.51. The van der Waals surface area contributed by atoms with Gasteiger partial charge in [0, 0.05) is 25.2 Å². The molecule has 0 N–H and O–H groups in total. The normalized spacial score (nSPS) is 17.1. The van der Waals surface area contributed by atoms with Crippen LogP contribution in [0.1, 0.15) is 59.9 Å². The Morgan fingerprint density at radius 2 is 2.04 bits per heavy atom. The van der Waals surface area contributed by atoms with Crippen LogP contribution in [0.15, 0.2) is 29.0 Å². The molecule has 3 aromatic heterocycles. The number of piperidine rings is 1. The summed E-state index contributed by atoms with van der Waals surface area (Å²) in [4.78, 5) is 23.9. The van der Waals surface area contributed by atoms with E-state index >= 15 is 0 Å². The minimum Gasteiger partial charge on any atom is -0.339 e. The van der Waals surface area contributed by atoms with E-state index in [4.69, 9.17) is 4.52 Å². The molecule has 144 valence electrons. The maximum atomic E-state index is 12.9. The number of rotatable bonds is 4. The van der Waals surface area contributed by atoms with E-state index in [2.05, 4.69) is 20.2 Å². The van der Waals surface area contributed by atoms with E-state index in [0.717, 1.165) is 50.3 Å². The highest BCUT2D eigenvalue weighted by Crippen LogP contribution is 2.39. The smallest absolute Gasteiger partial charge is 0.261 e.